The summed E-state index contributed by atoms with van der Waals surface area (Å²) < 4.78 is 24.7. The lowest BCUT2D eigenvalue weighted by Gasteiger charge is -2.14. The molecule has 0 atom stereocenters. The van der Waals surface area contributed by atoms with E-state index in [9.17, 15) is 28.8 Å². The largest absolute Gasteiger partial charge is 0.497 e. The second kappa shape index (κ2) is 32.1. The summed E-state index contributed by atoms with van der Waals surface area (Å²) in [5.41, 5.74) is 8.40. The number of nitrogens with one attached hydrogen (secondary N) is 6. The zero-order valence-corrected chi connectivity index (χ0v) is 57.3. The van der Waals surface area contributed by atoms with Crippen LogP contribution in [0.5, 0.6) is 17.2 Å². The van der Waals surface area contributed by atoms with Gasteiger partial charge in [-0.25, -0.2) is 15.0 Å². The number of carboxylic acid groups (broad SMARTS) is 1. The van der Waals surface area contributed by atoms with Gasteiger partial charge in [-0.15, -0.1) is 0 Å². The van der Waals surface area contributed by atoms with E-state index in [1.165, 1.54) is 31.4 Å². The van der Waals surface area contributed by atoms with E-state index in [1.54, 1.807) is 71.8 Å². The normalized spacial score (nSPS) is 10.9. The van der Waals surface area contributed by atoms with Gasteiger partial charge in [0.25, 0.3) is 40.4 Å². The number of hydrogen-bond donors (Lipinski definition) is 7. The molecule has 516 valence electrons. The number of ether oxygens (including phenoxy) is 3. The van der Waals surface area contributed by atoms with Gasteiger partial charge < -0.3 is 49.0 Å². The standard InChI is InChI=1S/3C24H25N5O3.C2H4O2/c3*1-4-28-20(25)18(23(30)26-12-11-16-7-9-17(32-3)10-8-16)14-19-22(28)27-21-15(2)6-5-13-29(21)24(19)31;1-2(3)4/h3*5-10,13-14,25H,4,11-12H2,1-3H3,(H,26,30);1H3,(H,3,4). The minimum absolute atomic E-state index is 0.0341. The fraction of sp³-hybridized carbons (Fsp3) is 0.257. The molecule has 3 amide bonds. The van der Waals surface area contributed by atoms with Gasteiger partial charge in [0.1, 0.15) is 67.6 Å². The number of aromatic nitrogens is 9. The Hall–Kier alpha value is -12.4. The number of methoxy groups -OCH3 is 3. The second-order valence-corrected chi connectivity index (χ2v) is 23.2. The van der Waals surface area contributed by atoms with E-state index >= 15 is 0 Å². The second-order valence-electron chi connectivity index (χ2n) is 23.2. The van der Waals surface area contributed by atoms with E-state index in [1.807, 2.05) is 133 Å². The molecule has 12 rings (SSSR count). The number of carbonyl (C=O) groups excluding carboxylic acids is 3. The van der Waals surface area contributed by atoms with Crippen molar-refractivity contribution in [3.8, 4) is 17.2 Å². The monoisotopic (exact) mass is 1350 g/mol. The molecule has 0 fully saturated rings. The van der Waals surface area contributed by atoms with Crippen LogP contribution in [0, 0.1) is 37.0 Å². The van der Waals surface area contributed by atoms with Gasteiger partial charge in [0, 0.05) is 64.8 Å². The lowest BCUT2D eigenvalue weighted by atomic mass is 10.1. The molecular formula is C74H79N15O11. The number of amides is 3. The highest BCUT2D eigenvalue weighted by molar-refractivity contribution is 5.98. The summed E-state index contributed by atoms with van der Waals surface area (Å²) in [5, 5.41) is 42.7. The molecular weight excluding hydrogens is 1270 g/mol. The van der Waals surface area contributed by atoms with E-state index in [0.717, 1.165) is 57.6 Å². The predicted molar refractivity (Wildman–Crippen MR) is 380 cm³/mol. The Morgan fingerprint density at radius 3 is 0.880 bits per heavy atom. The Labute approximate surface area is 572 Å². The molecule has 9 heterocycles. The molecule has 0 radical (unpaired) electrons. The van der Waals surface area contributed by atoms with E-state index in [0.29, 0.717) is 109 Å². The maximum Gasteiger partial charge on any atom is 0.300 e. The van der Waals surface area contributed by atoms with Crippen molar-refractivity contribution in [2.24, 2.45) is 0 Å². The maximum absolute atomic E-state index is 13.2. The Bertz CT molecular complexity index is 4950. The van der Waals surface area contributed by atoms with Crippen molar-refractivity contribution in [2.45, 2.75) is 87.4 Å². The molecule has 100 heavy (non-hydrogen) atoms. The van der Waals surface area contributed by atoms with Crippen molar-refractivity contribution in [1.82, 2.24) is 57.8 Å². The van der Waals surface area contributed by atoms with Gasteiger partial charge in [0.2, 0.25) is 0 Å². The molecule has 0 saturated heterocycles. The predicted octanol–water partition coefficient (Wildman–Crippen LogP) is 7.41. The fourth-order valence-electron chi connectivity index (χ4n) is 11.4. The minimum atomic E-state index is -0.833. The molecule has 0 aliphatic rings. The van der Waals surface area contributed by atoms with Crippen molar-refractivity contribution < 1.29 is 38.5 Å². The van der Waals surface area contributed by atoms with Gasteiger partial charge in [-0.1, -0.05) is 54.6 Å². The average Bonchev–Trinajstić information content (AvgIpc) is 0.762. The Kier molecular flexibility index (Phi) is 23.1. The summed E-state index contributed by atoms with van der Waals surface area (Å²) in [6, 6.07) is 38.4. The number of benzene rings is 3. The zero-order valence-electron chi connectivity index (χ0n) is 57.3. The number of aryl methyl sites for hydroxylation is 6. The number of aliphatic carboxylic acids is 1. The van der Waals surface area contributed by atoms with E-state index in [4.69, 9.17) is 40.3 Å². The van der Waals surface area contributed by atoms with E-state index in [2.05, 4.69) is 30.9 Å². The first-order chi connectivity index (χ1) is 48.0. The Morgan fingerprint density at radius 2 is 0.660 bits per heavy atom. The number of fused-ring (bicyclic) bond motifs is 6. The molecule has 12 aromatic rings. The quantitative estimate of drug-likeness (QED) is 0.0412. The van der Waals surface area contributed by atoms with Gasteiger partial charge in [0.15, 0.2) is 0 Å². The highest BCUT2D eigenvalue weighted by atomic mass is 16.5. The Morgan fingerprint density at radius 1 is 0.420 bits per heavy atom. The van der Waals surface area contributed by atoms with Crippen LogP contribution in [0.3, 0.4) is 0 Å². The van der Waals surface area contributed by atoms with Crippen molar-refractivity contribution in [3.63, 3.8) is 0 Å². The first-order valence-electron chi connectivity index (χ1n) is 32.3. The molecule has 7 N–H and O–H groups in total. The van der Waals surface area contributed by atoms with Crippen molar-refractivity contribution in [3.05, 3.63) is 244 Å². The average molecular weight is 1350 g/mol. The molecule has 26 heteroatoms. The third-order valence-corrected chi connectivity index (χ3v) is 16.7. The van der Waals surface area contributed by atoms with Crippen molar-refractivity contribution in [2.75, 3.05) is 41.0 Å². The number of hydrogen-bond acceptors (Lipinski definition) is 16. The van der Waals surface area contributed by atoms with Gasteiger partial charge in [-0.2, -0.15) is 0 Å². The lowest BCUT2D eigenvalue weighted by Crippen LogP contribution is -2.35. The molecule has 0 aliphatic heterocycles. The van der Waals surface area contributed by atoms with Crippen LogP contribution in [0.2, 0.25) is 0 Å². The van der Waals surface area contributed by atoms with Crippen LogP contribution in [0.25, 0.3) is 50.0 Å². The molecule has 3 aromatic carbocycles. The number of nitrogens with zero attached hydrogens (tertiary/aromatic N) is 9. The third-order valence-electron chi connectivity index (χ3n) is 16.7. The number of pyridine rings is 6. The summed E-state index contributed by atoms with van der Waals surface area (Å²) in [4.78, 5) is 101. The summed E-state index contributed by atoms with van der Waals surface area (Å²) in [6.07, 6.45) is 6.90. The minimum Gasteiger partial charge on any atom is -0.497 e. The lowest BCUT2D eigenvalue weighted by molar-refractivity contribution is -0.134. The van der Waals surface area contributed by atoms with Crippen molar-refractivity contribution in [1.29, 1.82) is 16.2 Å². The fourth-order valence-corrected chi connectivity index (χ4v) is 11.4. The zero-order chi connectivity index (χ0) is 72.1. The highest BCUT2D eigenvalue weighted by Crippen LogP contribution is 2.19. The van der Waals surface area contributed by atoms with Gasteiger partial charge >= 0.3 is 0 Å². The first-order valence-corrected chi connectivity index (χ1v) is 32.3. The smallest absolute Gasteiger partial charge is 0.300 e. The van der Waals surface area contributed by atoms with E-state index < -0.39 is 5.97 Å². The molecule has 0 unspecified atom stereocenters. The maximum atomic E-state index is 13.2. The van der Waals surface area contributed by atoms with Crippen LogP contribution in [-0.4, -0.2) is 112 Å². The van der Waals surface area contributed by atoms with Crippen LogP contribution in [0.4, 0.5) is 0 Å². The number of rotatable bonds is 18. The summed E-state index contributed by atoms with van der Waals surface area (Å²) in [7, 11) is 4.85. The van der Waals surface area contributed by atoms with Crippen molar-refractivity contribution >= 4 is 73.7 Å². The van der Waals surface area contributed by atoms with Crippen LogP contribution in [0.15, 0.2) is 160 Å². The van der Waals surface area contributed by atoms with Crippen LogP contribution < -0.4 is 63.3 Å². The molecule has 0 saturated carbocycles. The molecule has 0 aliphatic carbocycles. The SMILES string of the molecule is CC(=O)O.CCn1c(=N)c(C(=O)NCCc2ccc(OC)cc2)cc2c(=O)n3cccc(C)c3nc21.CCn1c(=N)c(C(=O)NCCc2ccc(OC)cc2)cc2c(=O)n3cccc(C)c3nc21.CCn1c(=N)c(C(=O)NCCc2ccc(OC)cc2)cc2c(=O)n3cccc(C)c3nc21. The third kappa shape index (κ3) is 15.7. The topological polar surface area (TPSA) is 342 Å². The molecule has 26 nitrogen and oxygen atoms in total. The van der Waals surface area contributed by atoms with E-state index in [-0.39, 0.29) is 67.6 Å². The van der Waals surface area contributed by atoms with Gasteiger partial charge in [0.05, 0.1) is 54.2 Å². The number of carboxylic acids is 1. The summed E-state index contributed by atoms with van der Waals surface area (Å²) in [5.74, 6) is 0.336. The number of carbonyl (C=O) groups is 4. The molecule has 9 aromatic heterocycles. The first kappa shape index (κ1) is 71.9. The van der Waals surface area contributed by atoms with Crippen LogP contribution in [0.1, 0.15) is 92.1 Å². The Balaban J connectivity index is 0.000000170. The highest BCUT2D eigenvalue weighted by Gasteiger charge is 2.21. The van der Waals surface area contributed by atoms with Crippen LogP contribution >= 0.6 is 0 Å². The summed E-state index contributed by atoms with van der Waals surface area (Å²) >= 11 is 0. The molecule has 0 bridgehead atoms. The van der Waals surface area contributed by atoms with Crippen LogP contribution in [-0.2, 0) is 43.7 Å². The van der Waals surface area contributed by atoms with Gasteiger partial charge in [-0.3, -0.25) is 63.0 Å². The van der Waals surface area contributed by atoms with Gasteiger partial charge in [-0.05, 0) is 167 Å². The molecule has 0 spiro atoms. The summed E-state index contributed by atoms with van der Waals surface area (Å²) in [6.45, 7) is 14.8.